The van der Waals surface area contributed by atoms with E-state index in [-0.39, 0.29) is 23.7 Å². The van der Waals surface area contributed by atoms with E-state index in [9.17, 15) is 14.0 Å². The molecule has 0 N–H and O–H groups in total. The number of rotatable bonds is 2. The Labute approximate surface area is 112 Å². The van der Waals surface area contributed by atoms with E-state index in [1.54, 1.807) is 18.2 Å². The van der Waals surface area contributed by atoms with Crippen LogP contribution in [-0.2, 0) is 6.54 Å². The molecule has 0 aliphatic rings. The summed E-state index contributed by atoms with van der Waals surface area (Å²) in [5, 5.41) is 13.6. The summed E-state index contributed by atoms with van der Waals surface area (Å²) in [6.45, 7) is 0.0908. The Morgan fingerprint density at radius 3 is 2.80 bits per heavy atom. The second kappa shape index (κ2) is 4.70. The van der Waals surface area contributed by atoms with Gasteiger partial charge in [0.15, 0.2) is 5.65 Å². The highest BCUT2D eigenvalue weighted by molar-refractivity contribution is 5.80. The third kappa shape index (κ3) is 1.99. The van der Waals surface area contributed by atoms with Crippen molar-refractivity contribution in [2.24, 2.45) is 0 Å². The van der Waals surface area contributed by atoms with Crippen LogP contribution in [-0.4, -0.2) is 14.8 Å². The molecule has 0 amide bonds. The first-order chi connectivity index (χ1) is 9.69. The van der Waals surface area contributed by atoms with E-state index in [0.717, 1.165) is 6.20 Å². The zero-order chi connectivity index (χ0) is 14.1. The van der Waals surface area contributed by atoms with Gasteiger partial charge in [0.2, 0.25) is 0 Å². The van der Waals surface area contributed by atoms with Crippen molar-refractivity contribution in [2.75, 3.05) is 0 Å². The van der Waals surface area contributed by atoms with Crippen molar-refractivity contribution < 1.29 is 8.78 Å². The molecule has 3 aromatic rings. The topological polar surface area (TPSA) is 54.5 Å². The molecule has 2 heterocycles. The zero-order valence-corrected chi connectivity index (χ0v) is 10.2. The summed E-state index contributed by atoms with van der Waals surface area (Å²) in [6, 6.07) is 9.38. The van der Waals surface area contributed by atoms with E-state index < -0.39 is 5.82 Å². The first-order valence-corrected chi connectivity index (χ1v) is 5.84. The molecule has 0 saturated heterocycles. The number of benzene rings is 1. The van der Waals surface area contributed by atoms with Crippen LogP contribution in [0.15, 0.2) is 36.5 Å². The molecule has 4 nitrogen and oxygen atoms in total. The molecule has 1 aromatic carbocycles. The maximum Gasteiger partial charge on any atom is 0.182 e. The molecule has 0 aliphatic carbocycles. The monoisotopic (exact) mass is 270 g/mol. The van der Waals surface area contributed by atoms with Crippen molar-refractivity contribution in [1.29, 1.82) is 5.26 Å². The molecule has 20 heavy (non-hydrogen) atoms. The molecule has 0 fully saturated rings. The fourth-order valence-corrected chi connectivity index (χ4v) is 2.01. The molecule has 98 valence electrons. The van der Waals surface area contributed by atoms with Crippen LogP contribution in [0.1, 0.15) is 11.3 Å². The fraction of sp³-hybridized carbons (Fsp3) is 0.0714. The smallest absolute Gasteiger partial charge is 0.182 e. The van der Waals surface area contributed by atoms with Crippen LogP contribution < -0.4 is 0 Å². The van der Waals surface area contributed by atoms with Crippen molar-refractivity contribution in [3.8, 4) is 6.07 Å². The average Bonchev–Trinajstić information content (AvgIpc) is 2.78. The van der Waals surface area contributed by atoms with Crippen LogP contribution >= 0.6 is 0 Å². The molecule has 0 aliphatic heterocycles. The Bertz CT molecular complexity index is 833. The summed E-state index contributed by atoms with van der Waals surface area (Å²) in [5.41, 5.74) is 0.826. The van der Waals surface area contributed by atoms with Gasteiger partial charge in [0.05, 0.1) is 18.1 Å². The Balaban J connectivity index is 2.13. The third-order valence-electron chi connectivity index (χ3n) is 2.95. The number of hydrogen-bond donors (Lipinski definition) is 0. The molecule has 0 atom stereocenters. The van der Waals surface area contributed by atoms with Gasteiger partial charge < -0.3 is 0 Å². The first-order valence-electron chi connectivity index (χ1n) is 5.84. The fourth-order valence-electron chi connectivity index (χ4n) is 2.01. The molecule has 0 bridgehead atoms. The lowest BCUT2D eigenvalue weighted by Gasteiger charge is -2.04. The maximum absolute atomic E-state index is 13.6. The molecule has 0 unspecified atom stereocenters. The Morgan fingerprint density at radius 2 is 2.05 bits per heavy atom. The molecule has 0 radical (unpaired) electrons. The SMILES string of the molecule is N#Cc1c2cc(F)cnc2nn1Cc1ccccc1F. The van der Waals surface area contributed by atoms with Gasteiger partial charge >= 0.3 is 0 Å². The first kappa shape index (κ1) is 12.2. The van der Waals surface area contributed by atoms with Crippen LogP contribution in [0, 0.1) is 23.0 Å². The molecular formula is C14H8F2N4. The molecular weight excluding hydrogens is 262 g/mol. The van der Waals surface area contributed by atoms with E-state index >= 15 is 0 Å². The number of hydrogen-bond acceptors (Lipinski definition) is 3. The lowest BCUT2D eigenvalue weighted by atomic mass is 10.2. The van der Waals surface area contributed by atoms with Gasteiger partial charge in [-0.25, -0.2) is 18.4 Å². The molecule has 0 saturated carbocycles. The Kier molecular flexibility index (Phi) is 2.88. The van der Waals surface area contributed by atoms with E-state index in [4.69, 9.17) is 0 Å². The van der Waals surface area contributed by atoms with Crippen molar-refractivity contribution >= 4 is 11.0 Å². The lowest BCUT2D eigenvalue weighted by molar-refractivity contribution is 0.584. The van der Waals surface area contributed by atoms with Gasteiger partial charge in [-0.2, -0.15) is 10.4 Å². The van der Waals surface area contributed by atoms with E-state index in [1.165, 1.54) is 16.8 Å². The molecule has 0 spiro atoms. The predicted octanol–water partition coefficient (Wildman–Crippen LogP) is 2.63. The summed E-state index contributed by atoms with van der Waals surface area (Å²) < 4.78 is 28.1. The minimum absolute atomic E-state index is 0.0908. The lowest BCUT2D eigenvalue weighted by Crippen LogP contribution is -2.05. The van der Waals surface area contributed by atoms with Gasteiger partial charge in [-0.05, 0) is 12.1 Å². The second-order valence-electron chi connectivity index (χ2n) is 4.23. The standard InChI is InChI=1S/C14H8F2N4/c15-10-5-11-13(6-17)20(19-14(11)18-7-10)8-9-3-1-2-4-12(9)16/h1-5,7H,8H2. The van der Waals surface area contributed by atoms with E-state index in [1.807, 2.05) is 6.07 Å². The van der Waals surface area contributed by atoms with Crippen molar-refractivity contribution in [2.45, 2.75) is 6.54 Å². The van der Waals surface area contributed by atoms with Crippen LogP contribution in [0.5, 0.6) is 0 Å². The average molecular weight is 270 g/mol. The summed E-state index contributed by atoms with van der Waals surface area (Å²) in [7, 11) is 0. The number of pyridine rings is 1. The second-order valence-corrected chi connectivity index (χ2v) is 4.23. The highest BCUT2D eigenvalue weighted by Gasteiger charge is 2.14. The summed E-state index contributed by atoms with van der Waals surface area (Å²) in [4.78, 5) is 3.82. The van der Waals surface area contributed by atoms with E-state index in [0.29, 0.717) is 10.9 Å². The van der Waals surface area contributed by atoms with Crippen molar-refractivity contribution in [3.63, 3.8) is 0 Å². The molecule has 3 rings (SSSR count). The molecule has 6 heteroatoms. The predicted molar refractivity (Wildman–Crippen MR) is 67.7 cm³/mol. The van der Waals surface area contributed by atoms with Crippen LogP contribution in [0.4, 0.5) is 8.78 Å². The number of aromatic nitrogens is 3. The van der Waals surface area contributed by atoms with Crippen LogP contribution in [0.2, 0.25) is 0 Å². The zero-order valence-electron chi connectivity index (χ0n) is 10.2. The summed E-state index contributed by atoms with van der Waals surface area (Å²) in [5.74, 6) is -0.922. The third-order valence-corrected chi connectivity index (χ3v) is 2.95. The Hall–Kier alpha value is -2.81. The van der Waals surface area contributed by atoms with Gasteiger partial charge in [0.25, 0.3) is 0 Å². The normalized spacial score (nSPS) is 10.7. The minimum atomic E-state index is -0.542. The summed E-state index contributed by atoms with van der Waals surface area (Å²) >= 11 is 0. The quantitative estimate of drug-likeness (QED) is 0.719. The van der Waals surface area contributed by atoms with Gasteiger partial charge in [-0.3, -0.25) is 0 Å². The number of halogens is 2. The largest absolute Gasteiger partial charge is 0.247 e. The van der Waals surface area contributed by atoms with E-state index in [2.05, 4.69) is 10.1 Å². The summed E-state index contributed by atoms with van der Waals surface area (Å²) in [6.07, 6.45) is 1.03. The molecule has 2 aromatic heterocycles. The maximum atomic E-state index is 13.6. The van der Waals surface area contributed by atoms with Crippen LogP contribution in [0.25, 0.3) is 11.0 Å². The van der Waals surface area contributed by atoms with Gasteiger partial charge in [0.1, 0.15) is 23.4 Å². The van der Waals surface area contributed by atoms with Gasteiger partial charge in [-0.15, -0.1) is 0 Å². The highest BCUT2D eigenvalue weighted by Crippen LogP contribution is 2.18. The number of fused-ring (bicyclic) bond motifs is 1. The van der Waals surface area contributed by atoms with Gasteiger partial charge in [-0.1, -0.05) is 18.2 Å². The minimum Gasteiger partial charge on any atom is -0.247 e. The van der Waals surface area contributed by atoms with Gasteiger partial charge in [0, 0.05) is 5.56 Å². The van der Waals surface area contributed by atoms with Crippen molar-refractivity contribution in [3.05, 3.63) is 59.4 Å². The number of nitrogens with zero attached hydrogens (tertiary/aromatic N) is 4. The van der Waals surface area contributed by atoms with Crippen LogP contribution in [0.3, 0.4) is 0 Å². The highest BCUT2D eigenvalue weighted by atomic mass is 19.1. The Morgan fingerprint density at radius 1 is 1.25 bits per heavy atom. The van der Waals surface area contributed by atoms with Crippen molar-refractivity contribution in [1.82, 2.24) is 14.8 Å². The number of nitriles is 1.